The molecule has 13 heavy (non-hydrogen) atoms. The van der Waals surface area contributed by atoms with Gasteiger partial charge in [0.1, 0.15) is 0 Å². The van der Waals surface area contributed by atoms with Gasteiger partial charge in [0.05, 0.1) is 6.21 Å². The third-order valence-electron chi connectivity index (χ3n) is 1.62. The maximum absolute atomic E-state index is 10.6. The normalized spacial score (nSPS) is 10.2. The number of rotatable bonds is 3. The zero-order valence-electron chi connectivity index (χ0n) is 6.68. The van der Waals surface area contributed by atoms with Crippen LogP contribution >= 0.6 is 0 Å². The van der Waals surface area contributed by atoms with Gasteiger partial charge in [-0.1, -0.05) is 23.4 Å². The summed E-state index contributed by atoms with van der Waals surface area (Å²) in [4.78, 5) is 21.1. The molecule has 1 aromatic carbocycles. The molecule has 0 aliphatic carbocycles. The van der Waals surface area contributed by atoms with Crippen LogP contribution in [0.2, 0.25) is 0 Å². The predicted octanol–water partition coefficient (Wildman–Crippen LogP) is 1.12. The number of benzene rings is 1. The van der Waals surface area contributed by atoms with Crippen LogP contribution in [0.15, 0.2) is 23.4 Å². The van der Waals surface area contributed by atoms with Gasteiger partial charge in [-0.3, -0.25) is 9.59 Å². The van der Waals surface area contributed by atoms with E-state index in [9.17, 15) is 9.59 Å². The van der Waals surface area contributed by atoms with E-state index < -0.39 is 0 Å². The molecule has 0 radical (unpaired) electrons. The number of aldehydes is 2. The van der Waals surface area contributed by atoms with Crippen LogP contribution < -0.4 is 0 Å². The molecule has 0 bridgehead atoms. The summed E-state index contributed by atoms with van der Waals surface area (Å²) in [5.41, 5.74) is 0.935. The first-order valence-corrected chi connectivity index (χ1v) is 3.54. The monoisotopic (exact) mass is 177 g/mol. The van der Waals surface area contributed by atoms with E-state index in [2.05, 4.69) is 5.16 Å². The summed E-state index contributed by atoms with van der Waals surface area (Å²) in [6.07, 6.45) is 2.25. The lowest BCUT2D eigenvalue weighted by Gasteiger charge is -1.99. The second kappa shape index (κ2) is 4.15. The van der Waals surface area contributed by atoms with Gasteiger partial charge in [-0.25, -0.2) is 0 Å². The van der Waals surface area contributed by atoms with Crippen molar-refractivity contribution >= 4 is 18.8 Å². The Bertz CT molecular complexity index is 358. The molecule has 0 heterocycles. The maximum Gasteiger partial charge on any atom is 0.151 e. The van der Waals surface area contributed by atoms with Crippen molar-refractivity contribution < 1.29 is 14.8 Å². The molecule has 66 valence electrons. The van der Waals surface area contributed by atoms with Crippen molar-refractivity contribution in [3.05, 3.63) is 34.9 Å². The SMILES string of the molecule is O=Cc1cccc(C=NO)c1C=O. The highest BCUT2D eigenvalue weighted by Gasteiger charge is 2.04. The van der Waals surface area contributed by atoms with Crippen LogP contribution in [0.3, 0.4) is 0 Å². The van der Waals surface area contributed by atoms with Crippen molar-refractivity contribution in [3.8, 4) is 0 Å². The second-order valence-corrected chi connectivity index (χ2v) is 2.33. The van der Waals surface area contributed by atoms with E-state index in [0.29, 0.717) is 18.1 Å². The quantitative estimate of drug-likeness (QED) is 0.325. The minimum absolute atomic E-state index is 0.232. The molecule has 4 heteroatoms. The Morgan fingerprint density at radius 3 is 2.38 bits per heavy atom. The average molecular weight is 177 g/mol. The number of hydrogen-bond acceptors (Lipinski definition) is 4. The fourth-order valence-corrected chi connectivity index (χ4v) is 1.02. The largest absolute Gasteiger partial charge is 0.411 e. The molecule has 0 spiro atoms. The first-order chi connectivity index (χ1) is 6.33. The first kappa shape index (κ1) is 9.12. The van der Waals surface area contributed by atoms with Crippen molar-refractivity contribution in [2.45, 2.75) is 0 Å². The van der Waals surface area contributed by atoms with Gasteiger partial charge in [0, 0.05) is 16.7 Å². The van der Waals surface area contributed by atoms with Gasteiger partial charge in [-0.2, -0.15) is 0 Å². The Morgan fingerprint density at radius 2 is 1.85 bits per heavy atom. The zero-order chi connectivity index (χ0) is 9.68. The van der Waals surface area contributed by atoms with Gasteiger partial charge in [0.2, 0.25) is 0 Å². The molecule has 0 atom stereocenters. The second-order valence-electron chi connectivity index (χ2n) is 2.33. The lowest BCUT2D eigenvalue weighted by Crippen LogP contribution is -1.96. The fraction of sp³-hybridized carbons (Fsp3) is 0. The predicted molar refractivity (Wildman–Crippen MR) is 46.6 cm³/mol. The van der Waals surface area contributed by atoms with E-state index in [0.717, 1.165) is 6.21 Å². The highest BCUT2D eigenvalue weighted by Crippen LogP contribution is 2.08. The third kappa shape index (κ3) is 1.79. The summed E-state index contributed by atoms with van der Waals surface area (Å²) in [7, 11) is 0. The van der Waals surface area contributed by atoms with Crippen LogP contribution in [0.5, 0.6) is 0 Å². The van der Waals surface area contributed by atoms with Crippen LogP contribution in [0, 0.1) is 0 Å². The summed E-state index contributed by atoms with van der Waals surface area (Å²) < 4.78 is 0. The van der Waals surface area contributed by atoms with E-state index in [1.807, 2.05) is 0 Å². The van der Waals surface area contributed by atoms with Crippen molar-refractivity contribution in [2.75, 3.05) is 0 Å². The number of oxime groups is 1. The standard InChI is InChI=1S/C9H7NO3/c11-5-8-3-1-2-7(4-10-13)9(8)6-12/h1-6,13H. The van der Waals surface area contributed by atoms with Crippen molar-refractivity contribution in [2.24, 2.45) is 5.16 Å². The van der Waals surface area contributed by atoms with Crippen molar-refractivity contribution in [1.29, 1.82) is 0 Å². The molecule has 1 N–H and O–H groups in total. The molecule has 0 fully saturated rings. The molecule has 1 rings (SSSR count). The third-order valence-corrected chi connectivity index (χ3v) is 1.62. The topological polar surface area (TPSA) is 66.7 Å². The smallest absolute Gasteiger partial charge is 0.151 e. The van der Waals surface area contributed by atoms with Crippen molar-refractivity contribution in [3.63, 3.8) is 0 Å². The lowest BCUT2D eigenvalue weighted by atomic mass is 10.0. The van der Waals surface area contributed by atoms with Crippen LogP contribution in [0.25, 0.3) is 0 Å². The van der Waals surface area contributed by atoms with Gasteiger partial charge in [-0.15, -0.1) is 0 Å². The van der Waals surface area contributed by atoms with Crippen LogP contribution in [-0.4, -0.2) is 24.0 Å². The summed E-state index contributed by atoms with van der Waals surface area (Å²) in [6.45, 7) is 0. The average Bonchev–Trinajstić information content (AvgIpc) is 2.18. The summed E-state index contributed by atoms with van der Waals surface area (Å²) >= 11 is 0. The van der Waals surface area contributed by atoms with Crippen molar-refractivity contribution in [1.82, 2.24) is 0 Å². The molecule has 0 aliphatic heterocycles. The zero-order valence-corrected chi connectivity index (χ0v) is 6.68. The lowest BCUT2D eigenvalue weighted by molar-refractivity contribution is 0.109. The molecule has 0 saturated carbocycles. The highest BCUT2D eigenvalue weighted by atomic mass is 16.4. The Balaban J connectivity index is 3.34. The maximum atomic E-state index is 10.6. The van der Waals surface area contributed by atoms with Gasteiger partial charge in [0.15, 0.2) is 12.6 Å². The Hall–Kier alpha value is -1.97. The first-order valence-electron chi connectivity index (χ1n) is 3.54. The molecule has 0 aromatic heterocycles. The summed E-state index contributed by atoms with van der Waals surface area (Å²) in [5, 5.41) is 11.1. The summed E-state index contributed by atoms with van der Waals surface area (Å²) in [5.74, 6) is 0. The summed E-state index contributed by atoms with van der Waals surface area (Å²) in [6, 6.07) is 4.70. The molecular formula is C9H7NO3. The Labute approximate surface area is 74.5 Å². The van der Waals surface area contributed by atoms with E-state index in [1.54, 1.807) is 12.1 Å². The van der Waals surface area contributed by atoms with Gasteiger partial charge >= 0.3 is 0 Å². The molecule has 0 aliphatic rings. The van der Waals surface area contributed by atoms with Crippen LogP contribution in [0.1, 0.15) is 26.3 Å². The van der Waals surface area contributed by atoms with Gasteiger partial charge in [-0.05, 0) is 0 Å². The minimum Gasteiger partial charge on any atom is -0.411 e. The molecule has 0 saturated heterocycles. The van der Waals surface area contributed by atoms with E-state index in [1.165, 1.54) is 6.07 Å². The van der Waals surface area contributed by atoms with E-state index in [4.69, 9.17) is 5.21 Å². The van der Waals surface area contributed by atoms with E-state index in [-0.39, 0.29) is 11.1 Å². The van der Waals surface area contributed by atoms with Gasteiger partial charge < -0.3 is 5.21 Å². The molecular weight excluding hydrogens is 170 g/mol. The number of carbonyl (C=O) groups is 2. The fourth-order valence-electron chi connectivity index (χ4n) is 1.02. The Kier molecular flexibility index (Phi) is 2.92. The van der Waals surface area contributed by atoms with Gasteiger partial charge in [0.25, 0.3) is 0 Å². The Morgan fingerprint density at radius 1 is 1.15 bits per heavy atom. The molecule has 0 unspecified atom stereocenters. The minimum atomic E-state index is 0.232. The number of carbonyl (C=O) groups excluding carboxylic acids is 2. The van der Waals surface area contributed by atoms with Crippen LogP contribution in [-0.2, 0) is 0 Å². The highest BCUT2D eigenvalue weighted by molar-refractivity contribution is 5.99. The van der Waals surface area contributed by atoms with Crippen LogP contribution in [0.4, 0.5) is 0 Å². The number of hydrogen-bond donors (Lipinski definition) is 1. The molecule has 0 amide bonds. The molecule has 4 nitrogen and oxygen atoms in total. The van der Waals surface area contributed by atoms with E-state index >= 15 is 0 Å². The number of nitrogens with zero attached hydrogens (tertiary/aromatic N) is 1. The molecule has 1 aromatic rings.